The van der Waals surface area contributed by atoms with E-state index in [4.69, 9.17) is 37.4 Å². The number of amides is 3. The van der Waals surface area contributed by atoms with Crippen molar-refractivity contribution in [3.05, 3.63) is 40.0 Å². The lowest BCUT2D eigenvalue weighted by Gasteiger charge is -2.39. The highest BCUT2D eigenvalue weighted by molar-refractivity contribution is 6.32. The molecule has 3 amide bonds. The van der Waals surface area contributed by atoms with Gasteiger partial charge in [0.15, 0.2) is 0 Å². The van der Waals surface area contributed by atoms with Crippen LogP contribution in [0.2, 0.25) is 10.2 Å². The maximum atomic E-state index is 13.0. The van der Waals surface area contributed by atoms with Crippen molar-refractivity contribution >= 4 is 40.8 Å². The topological polar surface area (TPSA) is 93.2 Å². The molecule has 2 saturated heterocycles. The number of carbonyl (C=O) groups excluding carboxylic acids is 2. The van der Waals surface area contributed by atoms with Crippen molar-refractivity contribution in [2.45, 2.75) is 19.3 Å². The van der Waals surface area contributed by atoms with Gasteiger partial charge in [-0.2, -0.15) is 0 Å². The second-order valence-corrected chi connectivity index (χ2v) is 9.60. The molecule has 2 aliphatic rings. The zero-order valence-electron chi connectivity index (χ0n) is 19.9. The predicted molar refractivity (Wildman–Crippen MR) is 133 cm³/mol. The van der Waals surface area contributed by atoms with Gasteiger partial charge in [0.25, 0.3) is 5.91 Å². The Morgan fingerprint density at radius 1 is 0.914 bits per heavy atom. The Labute approximate surface area is 214 Å². The number of benzene rings is 1. The lowest BCUT2D eigenvalue weighted by molar-refractivity contribution is 0.0594. The van der Waals surface area contributed by atoms with Gasteiger partial charge in [0.2, 0.25) is 5.88 Å². The number of methoxy groups -OCH3 is 3. The summed E-state index contributed by atoms with van der Waals surface area (Å²) in [6, 6.07) is 6.20. The maximum Gasteiger partial charge on any atom is 0.321 e. The van der Waals surface area contributed by atoms with Gasteiger partial charge in [-0.3, -0.25) is 4.79 Å². The summed E-state index contributed by atoms with van der Waals surface area (Å²) < 4.78 is 15.7. The molecule has 1 aromatic heterocycles. The first-order valence-electron chi connectivity index (χ1n) is 11.3. The Morgan fingerprint density at radius 3 is 2.20 bits per heavy atom. The summed E-state index contributed by atoms with van der Waals surface area (Å²) in [7, 11) is 4.53. The number of ether oxygens (including phenoxy) is 3. The number of nitrogens with zero attached hydrogens (tertiary/aromatic N) is 3. The van der Waals surface area contributed by atoms with Crippen LogP contribution in [0.1, 0.15) is 29.6 Å². The third-order valence-electron chi connectivity index (χ3n) is 6.78. The summed E-state index contributed by atoms with van der Waals surface area (Å²) in [5, 5.41) is 3.51. The van der Waals surface area contributed by atoms with E-state index in [0.717, 1.165) is 19.3 Å². The first-order chi connectivity index (χ1) is 16.8. The quantitative estimate of drug-likeness (QED) is 0.577. The number of rotatable bonds is 5. The van der Waals surface area contributed by atoms with Gasteiger partial charge in [-0.15, -0.1) is 0 Å². The van der Waals surface area contributed by atoms with Gasteiger partial charge >= 0.3 is 6.03 Å². The minimum Gasteiger partial charge on any atom is -0.495 e. The summed E-state index contributed by atoms with van der Waals surface area (Å²) in [6.07, 6.45) is 2.52. The minimum atomic E-state index is -0.210. The molecule has 4 rings (SSSR count). The molecule has 0 bridgehead atoms. The second kappa shape index (κ2) is 10.4. The molecule has 2 aromatic rings. The van der Waals surface area contributed by atoms with Crippen molar-refractivity contribution in [1.29, 1.82) is 0 Å². The van der Waals surface area contributed by atoms with Crippen LogP contribution in [-0.4, -0.2) is 74.2 Å². The van der Waals surface area contributed by atoms with Crippen LogP contribution in [0.4, 0.5) is 10.5 Å². The molecule has 0 saturated carbocycles. The van der Waals surface area contributed by atoms with E-state index < -0.39 is 0 Å². The van der Waals surface area contributed by atoms with E-state index >= 15 is 0 Å². The fourth-order valence-corrected chi connectivity index (χ4v) is 5.18. The van der Waals surface area contributed by atoms with Crippen LogP contribution in [0, 0.1) is 5.41 Å². The minimum absolute atomic E-state index is 0.0106. The molecule has 2 aliphatic heterocycles. The van der Waals surface area contributed by atoms with Gasteiger partial charge in [-0.25, -0.2) is 9.78 Å². The summed E-state index contributed by atoms with van der Waals surface area (Å²) in [4.78, 5) is 33.7. The summed E-state index contributed by atoms with van der Waals surface area (Å²) in [5.74, 6) is 1.14. The lowest BCUT2D eigenvalue weighted by atomic mass is 9.77. The fraction of sp³-hybridized carbons (Fsp3) is 0.458. The first-order valence-corrected chi connectivity index (χ1v) is 12.0. The number of anilines is 1. The van der Waals surface area contributed by atoms with Crippen LogP contribution < -0.4 is 19.5 Å². The molecule has 0 atom stereocenters. The smallest absolute Gasteiger partial charge is 0.321 e. The molecule has 1 N–H and O–H groups in total. The van der Waals surface area contributed by atoms with Crippen LogP contribution in [-0.2, 0) is 0 Å². The van der Waals surface area contributed by atoms with E-state index in [1.165, 1.54) is 21.3 Å². The average molecular weight is 523 g/mol. The number of nitrogens with one attached hydrogen (secondary N) is 1. The van der Waals surface area contributed by atoms with Crippen LogP contribution in [0.5, 0.6) is 17.4 Å². The van der Waals surface area contributed by atoms with Crippen molar-refractivity contribution < 1.29 is 23.8 Å². The summed E-state index contributed by atoms with van der Waals surface area (Å²) in [5.41, 5.74) is 0.928. The van der Waals surface area contributed by atoms with Crippen LogP contribution in [0.3, 0.4) is 0 Å². The highest BCUT2D eigenvalue weighted by Crippen LogP contribution is 2.41. The van der Waals surface area contributed by atoms with E-state index in [9.17, 15) is 9.59 Å². The van der Waals surface area contributed by atoms with Gasteiger partial charge in [0.1, 0.15) is 16.7 Å². The number of hydrogen-bond acceptors (Lipinski definition) is 6. The van der Waals surface area contributed by atoms with Gasteiger partial charge in [0.05, 0.1) is 32.0 Å². The Morgan fingerprint density at radius 2 is 1.57 bits per heavy atom. The number of pyridine rings is 1. The van der Waals surface area contributed by atoms with E-state index in [1.807, 2.05) is 9.80 Å². The number of likely N-dealkylation sites (tertiary alicyclic amines) is 2. The molecule has 11 heteroatoms. The van der Waals surface area contributed by atoms with Crippen molar-refractivity contribution in [2.24, 2.45) is 5.41 Å². The van der Waals surface area contributed by atoms with Gasteiger partial charge in [-0.1, -0.05) is 23.2 Å². The molecule has 0 unspecified atom stereocenters. The number of carbonyl (C=O) groups is 2. The van der Waals surface area contributed by atoms with E-state index in [-0.39, 0.29) is 22.5 Å². The number of piperidine rings is 1. The Balaban J connectivity index is 1.37. The third kappa shape index (κ3) is 5.36. The molecule has 188 valence electrons. The van der Waals surface area contributed by atoms with Crippen molar-refractivity contribution in [2.75, 3.05) is 52.8 Å². The van der Waals surface area contributed by atoms with E-state index in [2.05, 4.69) is 10.3 Å². The number of urea groups is 1. The van der Waals surface area contributed by atoms with Crippen molar-refractivity contribution in [3.63, 3.8) is 0 Å². The van der Waals surface area contributed by atoms with E-state index in [0.29, 0.717) is 59.8 Å². The maximum absolute atomic E-state index is 13.0. The van der Waals surface area contributed by atoms with Crippen LogP contribution >= 0.6 is 23.2 Å². The molecule has 35 heavy (non-hydrogen) atoms. The largest absolute Gasteiger partial charge is 0.495 e. The van der Waals surface area contributed by atoms with Gasteiger partial charge in [-0.05, 0) is 36.8 Å². The third-order valence-corrected chi connectivity index (χ3v) is 7.27. The standard InChI is InChI=1S/C24H28Cl2N4O5/c1-33-18-13-19(34-2)17(12-16(18)25)27-23(32)30-9-6-24(14-30)4-7-29(8-5-24)22(31)15-10-20(26)28-21(11-15)35-3/h10-13H,4-9,14H2,1-3H3,(H,27,32). The average Bonchev–Trinajstić information content (AvgIpc) is 3.27. The molecular weight excluding hydrogens is 495 g/mol. The number of hydrogen-bond donors (Lipinski definition) is 1. The Bertz CT molecular complexity index is 1120. The van der Waals surface area contributed by atoms with E-state index in [1.54, 1.807) is 24.3 Å². The van der Waals surface area contributed by atoms with Gasteiger partial charge < -0.3 is 29.3 Å². The Kier molecular flexibility index (Phi) is 7.47. The fourth-order valence-electron chi connectivity index (χ4n) is 4.74. The molecule has 2 fully saturated rings. The Hall–Kier alpha value is -2.91. The van der Waals surface area contributed by atoms with Crippen molar-refractivity contribution in [1.82, 2.24) is 14.8 Å². The van der Waals surface area contributed by atoms with Crippen LogP contribution in [0.15, 0.2) is 24.3 Å². The highest BCUT2D eigenvalue weighted by atomic mass is 35.5. The summed E-state index contributed by atoms with van der Waals surface area (Å²) in [6.45, 7) is 2.49. The number of aromatic nitrogens is 1. The zero-order valence-corrected chi connectivity index (χ0v) is 21.4. The first kappa shape index (κ1) is 25.2. The lowest BCUT2D eigenvalue weighted by Crippen LogP contribution is -2.45. The SMILES string of the molecule is COc1cc(C(=O)N2CCC3(CCN(C(=O)Nc4cc(Cl)c(OC)cc4OC)C3)CC2)cc(Cl)n1. The predicted octanol–water partition coefficient (Wildman–Crippen LogP) is 4.57. The summed E-state index contributed by atoms with van der Waals surface area (Å²) >= 11 is 12.3. The highest BCUT2D eigenvalue weighted by Gasteiger charge is 2.43. The molecule has 9 nitrogen and oxygen atoms in total. The molecular formula is C24H28Cl2N4O5. The second-order valence-electron chi connectivity index (χ2n) is 8.80. The molecule has 1 aromatic carbocycles. The van der Waals surface area contributed by atoms with Crippen LogP contribution in [0.25, 0.3) is 0 Å². The van der Waals surface area contributed by atoms with Crippen molar-refractivity contribution in [3.8, 4) is 17.4 Å². The number of halogens is 2. The molecule has 0 radical (unpaired) electrons. The van der Waals surface area contributed by atoms with Gasteiger partial charge in [0, 0.05) is 43.9 Å². The zero-order chi connectivity index (χ0) is 25.2. The molecule has 1 spiro atoms. The monoisotopic (exact) mass is 522 g/mol. The molecule has 0 aliphatic carbocycles. The molecule has 3 heterocycles. The normalized spacial score (nSPS) is 16.8.